The number of hydrogen-bond donors (Lipinski definition) is 0. The fourth-order valence-corrected chi connectivity index (χ4v) is 11.1. The molecule has 12 rings (SSSR count). The van der Waals surface area contributed by atoms with E-state index in [4.69, 9.17) is 0 Å². The molecule has 2 heteroatoms. The van der Waals surface area contributed by atoms with Crippen LogP contribution in [0.2, 0.25) is 0 Å². The molecule has 0 amide bonds. The molecule has 0 atom stereocenters. The quantitative estimate of drug-likeness (QED) is 0.150. The van der Waals surface area contributed by atoms with E-state index in [1.54, 1.807) is 0 Å². The van der Waals surface area contributed by atoms with Crippen LogP contribution in [0.5, 0.6) is 0 Å². The van der Waals surface area contributed by atoms with Gasteiger partial charge in [-0.15, -0.1) is 0 Å². The minimum atomic E-state index is -0.613. The molecule has 2 nitrogen and oxygen atoms in total. The molecule has 0 saturated heterocycles. The van der Waals surface area contributed by atoms with Crippen LogP contribution in [0.25, 0.3) is 33.4 Å². The van der Waals surface area contributed by atoms with Crippen molar-refractivity contribution in [1.29, 1.82) is 0 Å². The highest BCUT2D eigenvalue weighted by Crippen LogP contribution is 2.63. The molecule has 2 aliphatic carbocycles. The highest BCUT2D eigenvalue weighted by atomic mass is 15.1. The minimum Gasteiger partial charge on any atom is -0.310 e. The normalized spacial score (nSPS) is 13.5. The smallest absolute Gasteiger partial charge is 0.0721 e. The lowest BCUT2D eigenvalue weighted by molar-refractivity contribution is 0.563. The van der Waals surface area contributed by atoms with Crippen molar-refractivity contribution in [1.82, 2.24) is 0 Å². The highest BCUT2D eigenvalue weighted by Gasteiger charge is 2.53. The average molecular weight is 845 g/mol. The Labute approximate surface area is 388 Å². The summed E-state index contributed by atoms with van der Waals surface area (Å²) >= 11 is 0. The largest absolute Gasteiger partial charge is 0.310 e. The molecule has 0 fully saturated rings. The zero-order chi connectivity index (χ0) is 44.2. The Morgan fingerprint density at radius 2 is 0.530 bits per heavy atom. The van der Waals surface area contributed by atoms with E-state index in [0.717, 1.165) is 34.1 Å². The Morgan fingerprint density at radius 1 is 0.242 bits per heavy atom. The summed E-state index contributed by atoms with van der Waals surface area (Å²) in [7, 11) is 0. The Kier molecular flexibility index (Phi) is 9.43. The third kappa shape index (κ3) is 6.25. The summed E-state index contributed by atoms with van der Waals surface area (Å²) < 4.78 is 0. The monoisotopic (exact) mass is 844 g/mol. The molecule has 1 spiro atoms. The number of benzene rings is 10. The van der Waals surface area contributed by atoms with Crippen molar-refractivity contribution in [2.75, 3.05) is 9.80 Å². The van der Waals surface area contributed by atoms with E-state index in [9.17, 15) is 0 Å². The molecule has 66 heavy (non-hydrogen) atoms. The third-order valence-electron chi connectivity index (χ3n) is 14.1. The molecule has 0 unspecified atom stereocenters. The molecule has 0 N–H and O–H groups in total. The molecular formula is C64H48N2. The Bertz CT molecular complexity index is 3130. The van der Waals surface area contributed by atoms with Crippen LogP contribution in [0.3, 0.4) is 0 Å². The van der Waals surface area contributed by atoms with Gasteiger partial charge in [0, 0.05) is 39.5 Å². The van der Waals surface area contributed by atoms with Crippen molar-refractivity contribution in [3.63, 3.8) is 0 Å². The Balaban J connectivity index is 1.09. The Hall–Kier alpha value is -8.20. The lowest BCUT2D eigenvalue weighted by Gasteiger charge is -2.47. The van der Waals surface area contributed by atoms with Gasteiger partial charge in [0.1, 0.15) is 0 Å². The van der Waals surface area contributed by atoms with Crippen LogP contribution in [0, 0.1) is 0 Å². The first-order chi connectivity index (χ1) is 32.5. The van der Waals surface area contributed by atoms with Crippen LogP contribution in [-0.4, -0.2) is 0 Å². The maximum Gasteiger partial charge on any atom is 0.0721 e. The highest BCUT2D eigenvalue weighted by molar-refractivity contribution is 5.93. The molecule has 0 saturated carbocycles. The average Bonchev–Trinajstić information content (AvgIpc) is 3.67. The van der Waals surface area contributed by atoms with E-state index in [1.807, 2.05) is 0 Å². The summed E-state index contributed by atoms with van der Waals surface area (Å²) in [4.78, 5) is 4.83. The molecule has 0 aromatic heterocycles. The lowest BCUT2D eigenvalue weighted by Crippen LogP contribution is -2.40. The van der Waals surface area contributed by atoms with Gasteiger partial charge in [0.15, 0.2) is 0 Å². The number of hydrogen-bond acceptors (Lipinski definition) is 2. The standard InChI is InChI=1S/C64H48N2/c1-63(2)57-27-15-17-29-59(57)64(60-30-18-16-28-58(60)63)61-43-53(65(49-23-11-5-12-24-49)51-35-31-47(32-36-51)45-19-7-3-8-20-45)39-41-55(61)56-42-40-54(44-62(56)64)66(50-25-13-6-14-26-50)52-37-33-48(34-38-52)46-21-9-4-10-22-46/h3-44H,1-2H3. The SMILES string of the molecule is CC1(C)c2ccccc2C2(c3cc(N(c4ccccc4)c4ccc(-c5ccccc5)cc4)ccc3-c3ccc(N(c4ccccc4)c4ccc(-c5ccccc5)cc4)cc32)c2ccccc21. The summed E-state index contributed by atoms with van der Waals surface area (Å²) in [5.74, 6) is 0. The van der Waals surface area contributed by atoms with Crippen LogP contribution >= 0.6 is 0 Å². The van der Waals surface area contributed by atoms with Gasteiger partial charge in [0.2, 0.25) is 0 Å². The number of rotatable bonds is 8. The van der Waals surface area contributed by atoms with Gasteiger partial charge in [-0.1, -0.05) is 196 Å². The topological polar surface area (TPSA) is 6.48 Å². The zero-order valence-corrected chi connectivity index (χ0v) is 37.1. The van der Waals surface area contributed by atoms with Crippen LogP contribution in [0.4, 0.5) is 34.1 Å². The number of nitrogens with zero attached hydrogens (tertiary/aromatic N) is 2. The van der Waals surface area contributed by atoms with Gasteiger partial charge in [0.05, 0.1) is 5.41 Å². The van der Waals surface area contributed by atoms with Crippen molar-refractivity contribution in [3.8, 4) is 33.4 Å². The van der Waals surface area contributed by atoms with E-state index in [-0.39, 0.29) is 5.41 Å². The van der Waals surface area contributed by atoms with Gasteiger partial charge in [-0.3, -0.25) is 0 Å². The van der Waals surface area contributed by atoms with Crippen LogP contribution < -0.4 is 9.80 Å². The summed E-state index contributed by atoms with van der Waals surface area (Å²) in [5, 5.41) is 0. The van der Waals surface area contributed by atoms with Crippen molar-refractivity contribution in [2.45, 2.75) is 24.7 Å². The Morgan fingerprint density at radius 3 is 0.909 bits per heavy atom. The second-order valence-electron chi connectivity index (χ2n) is 18.1. The van der Waals surface area contributed by atoms with Gasteiger partial charge in [-0.2, -0.15) is 0 Å². The van der Waals surface area contributed by atoms with E-state index < -0.39 is 5.41 Å². The third-order valence-corrected chi connectivity index (χ3v) is 14.1. The van der Waals surface area contributed by atoms with Gasteiger partial charge in [0.25, 0.3) is 0 Å². The molecule has 0 aliphatic heterocycles. The zero-order valence-electron chi connectivity index (χ0n) is 37.1. The van der Waals surface area contributed by atoms with Gasteiger partial charge >= 0.3 is 0 Å². The van der Waals surface area contributed by atoms with Crippen molar-refractivity contribution in [3.05, 3.63) is 288 Å². The van der Waals surface area contributed by atoms with E-state index in [2.05, 4.69) is 278 Å². The summed E-state index contributed by atoms with van der Waals surface area (Å²) in [6, 6.07) is 93.8. The second kappa shape index (κ2) is 15.8. The summed E-state index contributed by atoms with van der Waals surface area (Å²) in [6.45, 7) is 4.79. The first-order valence-corrected chi connectivity index (χ1v) is 23.0. The maximum atomic E-state index is 2.50. The van der Waals surface area contributed by atoms with Crippen LogP contribution in [-0.2, 0) is 10.8 Å². The van der Waals surface area contributed by atoms with Crippen molar-refractivity contribution >= 4 is 34.1 Å². The van der Waals surface area contributed by atoms with E-state index in [0.29, 0.717) is 0 Å². The van der Waals surface area contributed by atoms with Crippen molar-refractivity contribution < 1.29 is 0 Å². The fourth-order valence-electron chi connectivity index (χ4n) is 11.1. The minimum absolute atomic E-state index is 0.219. The van der Waals surface area contributed by atoms with Crippen molar-refractivity contribution in [2.24, 2.45) is 0 Å². The molecule has 10 aromatic rings. The number of para-hydroxylation sites is 2. The van der Waals surface area contributed by atoms with E-state index >= 15 is 0 Å². The maximum absolute atomic E-state index is 2.50. The lowest BCUT2D eigenvalue weighted by atomic mass is 9.55. The predicted molar refractivity (Wildman–Crippen MR) is 276 cm³/mol. The van der Waals surface area contributed by atoms with E-state index in [1.165, 1.54) is 66.8 Å². The van der Waals surface area contributed by atoms with Gasteiger partial charge in [-0.05, 0) is 140 Å². The molecule has 2 aliphatic rings. The fraction of sp³-hybridized carbons (Fsp3) is 0.0625. The molecule has 314 valence electrons. The van der Waals surface area contributed by atoms with Crippen LogP contribution in [0.1, 0.15) is 47.2 Å². The number of anilines is 6. The second-order valence-corrected chi connectivity index (χ2v) is 18.1. The molecule has 0 bridgehead atoms. The predicted octanol–water partition coefficient (Wildman–Crippen LogP) is 17.0. The molecule has 0 radical (unpaired) electrons. The molecular weight excluding hydrogens is 797 g/mol. The first kappa shape index (κ1) is 39.4. The first-order valence-electron chi connectivity index (χ1n) is 23.0. The molecule has 0 heterocycles. The summed E-state index contributed by atoms with van der Waals surface area (Å²) in [5.41, 5.74) is 21.1. The summed E-state index contributed by atoms with van der Waals surface area (Å²) in [6.07, 6.45) is 0. The molecule has 10 aromatic carbocycles. The number of fused-ring (bicyclic) bond motifs is 9. The van der Waals surface area contributed by atoms with Gasteiger partial charge < -0.3 is 9.80 Å². The van der Waals surface area contributed by atoms with Gasteiger partial charge in [-0.25, -0.2) is 0 Å². The van der Waals surface area contributed by atoms with Crippen LogP contribution in [0.15, 0.2) is 255 Å².